The summed E-state index contributed by atoms with van der Waals surface area (Å²) >= 11 is 0. The Labute approximate surface area is 181 Å². The molecule has 0 saturated carbocycles. The van der Waals surface area contributed by atoms with Crippen LogP contribution in [0.2, 0.25) is 0 Å². The van der Waals surface area contributed by atoms with Crippen LogP contribution in [0.25, 0.3) is 0 Å². The highest BCUT2D eigenvalue weighted by Gasteiger charge is 2.13. The van der Waals surface area contributed by atoms with Crippen LogP contribution in [0.5, 0.6) is 0 Å². The van der Waals surface area contributed by atoms with Crippen molar-refractivity contribution >= 4 is 7.82 Å². The Morgan fingerprint density at radius 2 is 0.828 bits per heavy atom. The van der Waals surface area contributed by atoms with Crippen molar-refractivity contribution in [2.24, 2.45) is 0 Å². The molecular formula is C22H53N2O4P. The van der Waals surface area contributed by atoms with Crippen LogP contribution < -0.4 is 11.0 Å². The molecule has 0 aromatic heterocycles. The molecule has 0 spiro atoms. The Kier molecular flexibility index (Phi) is 26.4. The molecule has 0 aliphatic heterocycles. The van der Waals surface area contributed by atoms with Crippen molar-refractivity contribution in [3.8, 4) is 0 Å². The third-order valence-corrected chi connectivity index (χ3v) is 5.23. The lowest BCUT2D eigenvalue weighted by molar-refractivity contribution is -0.890. The summed E-state index contributed by atoms with van der Waals surface area (Å²) < 4.78 is 10.0. The van der Waals surface area contributed by atoms with Gasteiger partial charge in [0.15, 0.2) is 0 Å². The van der Waals surface area contributed by atoms with Gasteiger partial charge in [-0.05, 0) is 25.7 Å². The molecule has 7 heteroatoms. The average Bonchev–Trinajstić information content (AvgIpc) is 2.58. The summed E-state index contributed by atoms with van der Waals surface area (Å²) in [6, 6.07) is 0. The van der Waals surface area contributed by atoms with Gasteiger partial charge in [0.2, 0.25) is 0 Å². The Balaban J connectivity index is -0.000000997. The number of unbranched alkanes of at least 4 members (excludes halogenated alkanes) is 14. The van der Waals surface area contributed by atoms with Gasteiger partial charge in [-0.25, -0.2) is 0 Å². The second kappa shape index (κ2) is 22.7. The van der Waals surface area contributed by atoms with Crippen molar-refractivity contribution in [3.63, 3.8) is 0 Å². The minimum absolute atomic E-state index is 0. The Hall–Kier alpha value is 0.0300. The number of hydrogen-bond acceptors (Lipinski definition) is 3. The molecule has 0 radical (unpaired) electrons. The Morgan fingerprint density at radius 1 is 0.621 bits per heavy atom. The maximum atomic E-state index is 8.77. The molecule has 0 aromatic carbocycles. The molecule has 6 nitrogen and oxygen atoms in total. The zero-order valence-corrected chi connectivity index (χ0v) is 20.9. The fourth-order valence-electron chi connectivity index (χ4n) is 3.46. The van der Waals surface area contributed by atoms with Crippen molar-refractivity contribution in [3.05, 3.63) is 0 Å². The van der Waals surface area contributed by atoms with Crippen molar-refractivity contribution in [2.45, 2.75) is 117 Å². The first-order chi connectivity index (χ1) is 13.1. The molecule has 0 aliphatic rings. The van der Waals surface area contributed by atoms with E-state index in [0.29, 0.717) is 0 Å². The molecule has 29 heavy (non-hydrogen) atoms. The first-order valence-corrected chi connectivity index (χ1v) is 13.2. The minimum atomic E-state index is -4.89. The normalized spacial score (nSPS) is 11.6. The van der Waals surface area contributed by atoms with Gasteiger partial charge < -0.3 is 25.3 Å². The lowest BCUT2D eigenvalue weighted by Crippen LogP contribution is -2.41. The third-order valence-electron chi connectivity index (χ3n) is 5.23. The van der Waals surface area contributed by atoms with E-state index in [4.69, 9.17) is 19.2 Å². The van der Waals surface area contributed by atoms with Gasteiger partial charge in [-0.2, -0.15) is 0 Å². The summed E-state index contributed by atoms with van der Waals surface area (Å²) in [7, 11) is -0.0228. The van der Waals surface area contributed by atoms with Crippen LogP contribution in [0, 0.1) is 0 Å². The zero-order chi connectivity index (χ0) is 21.7. The number of nitrogens with zero attached hydrogens (tertiary/aromatic N) is 1. The largest absolute Gasteiger partial charge is 0.756 e. The third kappa shape index (κ3) is 39.1. The molecule has 0 bridgehead atoms. The zero-order valence-electron chi connectivity index (χ0n) is 20.0. The van der Waals surface area contributed by atoms with E-state index >= 15 is 0 Å². The summed E-state index contributed by atoms with van der Waals surface area (Å²) in [4.78, 5) is 22.9. The maximum Gasteiger partial charge on any atom is 0.262 e. The van der Waals surface area contributed by atoms with Gasteiger partial charge >= 0.3 is 0 Å². The predicted octanol–water partition coefficient (Wildman–Crippen LogP) is 5.95. The lowest BCUT2D eigenvalue weighted by atomic mass is 10.1. The monoisotopic (exact) mass is 440 g/mol. The molecular weight excluding hydrogens is 387 g/mol. The number of quaternary nitrogens is 1. The van der Waals surface area contributed by atoms with Crippen LogP contribution in [0.1, 0.15) is 117 Å². The fourth-order valence-corrected chi connectivity index (χ4v) is 3.46. The molecule has 0 heterocycles. The molecule has 0 aliphatic carbocycles. The summed E-state index contributed by atoms with van der Waals surface area (Å²) in [5.74, 6) is 0. The van der Waals surface area contributed by atoms with E-state index in [9.17, 15) is 0 Å². The van der Waals surface area contributed by atoms with Gasteiger partial charge in [-0.3, -0.25) is 4.57 Å². The van der Waals surface area contributed by atoms with E-state index in [0.717, 1.165) is 0 Å². The van der Waals surface area contributed by atoms with Crippen LogP contribution in [0.15, 0.2) is 0 Å². The number of rotatable bonds is 18. The topological polar surface area (TPSA) is 116 Å². The molecule has 0 fully saturated rings. The molecule has 5 N–H and O–H groups in total. The van der Waals surface area contributed by atoms with E-state index in [2.05, 4.69) is 27.9 Å². The first-order valence-electron chi connectivity index (χ1n) is 11.7. The number of hydrogen-bond donors (Lipinski definition) is 3. The molecule has 0 unspecified atom stereocenters. The van der Waals surface area contributed by atoms with Crippen LogP contribution in [-0.4, -0.2) is 41.5 Å². The van der Waals surface area contributed by atoms with Crippen molar-refractivity contribution in [1.29, 1.82) is 0 Å². The van der Waals surface area contributed by atoms with E-state index in [-0.39, 0.29) is 6.15 Å². The molecule has 0 amide bonds. The van der Waals surface area contributed by atoms with Gasteiger partial charge in [-0.1, -0.05) is 90.9 Å². The van der Waals surface area contributed by atoms with Crippen LogP contribution in [-0.2, 0) is 4.57 Å². The van der Waals surface area contributed by atoms with Gasteiger partial charge in [0.05, 0.1) is 27.2 Å². The lowest BCUT2D eigenvalue weighted by Gasteiger charge is -2.30. The van der Waals surface area contributed by atoms with Crippen molar-refractivity contribution < 1.29 is 23.7 Å². The molecule has 180 valence electrons. The SMILES string of the molecule is CCCCCCCCCC[N+](C)(C)CCCCCCCCCC.N.O=P([O-])(O)O. The first kappa shape index (κ1) is 33.7. The summed E-state index contributed by atoms with van der Waals surface area (Å²) in [6.45, 7) is 7.36. The molecule has 0 atom stereocenters. The quantitative estimate of drug-likeness (QED) is 0.138. The van der Waals surface area contributed by atoms with Crippen LogP contribution >= 0.6 is 7.82 Å². The van der Waals surface area contributed by atoms with Gasteiger partial charge in [0.1, 0.15) is 0 Å². The minimum Gasteiger partial charge on any atom is -0.756 e. The van der Waals surface area contributed by atoms with Gasteiger partial charge in [0.25, 0.3) is 7.82 Å². The standard InChI is InChI=1S/C22H48N.H3N.H3O4P/c1-5-7-9-11-13-15-17-19-21-23(3,4)22-20-18-16-14-12-10-8-6-2;;1-5(2,3)4/h5-22H2,1-4H3;1H3;(H3,1,2,3,4)/q+1;;/p-1. The highest BCUT2D eigenvalue weighted by atomic mass is 31.2. The van der Waals surface area contributed by atoms with E-state index < -0.39 is 7.82 Å². The molecule has 0 aromatic rings. The van der Waals surface area contributed by atoms with Crippen molar-refractivity contribution in [2.75, 3.05) is 27.2 Å². The second-order valence-corrected chi connectivity index (χ2v) is 9.80. The summed E-state index contributed by atoms with van der Waals surface area (Å²) in [5, 5.41) is 0. The van der Waals surface area contributed by atoms with Crippen LogP contribution in [0.4, 0.5) is 0 Å². The highest BCUT2D eigenvalue weighted by Crippen LogP contribution is 2.19. The number of phosphoric acid groups is 1. The molecule has 0 saturated heterocycles. The van der Waals surface area contributed by atoms with Gasteiger partial charge in [0, 0.05) is 0 Å². The fraction of sp³-hybridized carbons (Fsp3) is 1.00. The van der Waals surface area contributed by atoms with Gasteiger partial charge in [-0.15, -0.1) is 0 Å². The Bertz CT molecular complexity index is 332. The van der Waals surface area contributed by atoms with Crippen molar-refractivity contribution in [1.82, 2.24) is 6.15 Å². The summed E-state index contributed by atoms with van der Waals surface area (Å²) in [6.07, 6.45) is 23.0. The second-order valence-electron chi connectivity index (χ2n) is 8.82. The smallest absolute Gasteiger partial charge is 0.262 e. The predicted molar refractivity (Wildman–Crippen MR) is 124 cm³/mol. The van der Waals surface area contributed by atoms with E-state index in [1.807, 2.05) is 0 Å². The molecule has 0 rings (SSSR count). The average molecular weight is 441 g/mol. The van der Waals surface area contributed by atoms with E-state index in [1.54, 1.807) is 0 Å². The summed E-state index contributed by atoms with van der Waals surface area (Å²) in [5.41, 5.74) is 0. The Morgan fingerprint density at radius 3 is 1.07 bits per heavy atom. The highest BCUT2D eigenvalue weighted by molar-refractivity contribution is 7.43. The maximum absolute atomic E-state index is 8.77. The van der Waals surface area contributed by atoms with Crippen LogP contribution in [0.3, 0.4) is 0 Å². The van der Waals surface area contributed by atoms with E-state index in [1.165, 1.54) is 120 Å².